The van der Waals surface area contributed by atoms with Crippen molar-refractivity contribution < 1.29 is 19.4 Å². The first kappa shape index (κ1) is 13.0. The molecule has 6 nitrogen and oxygen atoms in total. The zero-order valence-electron chi connectivity index (χ0n) is 9.82. The highest BCUT2D eigenvalue weighted by Gasteiger charge is 2.16. The summed E-state index contributed by atoms with van der Waals surface area (Å²) in [6.45, 7) is 0. The molecule has 0 bridgehead atoms. The van der Waals surface area contributed by atoms with E-state index in [1.165, 1.54) is 19.4 Å². The summed E-state index contributed by atoms with van der Waals surface area (Å²) < 4.78 is 5.73. The topological polar surface area (TPSA) is 85.6 Å². The second-order valence-electron chi connectivity index (χ2n) is 3.56. The molecule has 2 heterocycles. The van der Waals surface area contributed by atoms with Crippen LogP contribution < -0.4 is 5.56 Å². The predicted octanol–water partition coefficient (Wildman–Crippen LogP) is 1.38. The summed E-state index contributed by atoms with van der Waals surface area (Å²) in [5, 5.41) is 10.5. The van der Waals surface area contributed by atoms with Gasteiger partial charge in [0.1, 0.15) is 4.88 Å². The number of ether oxygens (including phenoxy) is 1. The summed E-state index contributed by atoms with van der Waals surface area (Å²) in [5.41, 5.74) is -0.153. The van der Waals surface area contributed by atoms with Crippen LogP contribution >= 0.6 is 11.3 Å². The van der Waals surface area contributed by atoms with E-state index in [4.69, 9.17) is 5.11 Å². The maximum Gasteiger partial charge on any atom is 0.350 e. The summed E-state index contributed by atoms with van der Waals surface area (Å²) in [4.78, 5) is 34.5. The van der Waals surface area contributed by atoms with Crippen LogP contribution in [0.2, 0.25) is 0 Å². The van der Waals surface area contributed by atoms with Crippen LogP contribution in [0.4, 0.5) is 0 Å². The standard InChI is InChI=1S/C12H9NO5S/c1-18-12(17)10-8(4-5-19-10)13-6-7(11(15)16)2-3-9(13)14/h2-6H,1H3,(H,15,16). The van der Waals surface area contributed by atoms with Gasteiger partial charge in [-0.15, -0.1) is 11.3 Å². The number of carboxylic acid groups (broad SMARTS) is 1. The quantitative estimate of drug-likeness (QED) is 0.858. The fourth-order valence-corrected chi connectivity index (χ4v) is 2.34. The molecule has 19 heavy (non-hydrogen) atoms. The van der Waals surface area contributed by atoms with Gasteiger partial charge in [-0.25, -0.2) is 9.59 Å². The van der Waals surface area contributed by atoms with Gasteiger partial charge in [0.25, 0.3) is 5.56 Å². The van der Waals surface area contributed by atoms with E-state index in [9.17, 15) is 14.4 Å². The van der Waals surface area contributed by atoms with Gasteiger partial charge in [0.05, 0.1) is 18.4 Å². The average molecular weight is 279 g/mol. The molecule has 2 rings (SSSR count). The Bertz CT molecular complexity index is 700. The van der Waals surface area contributed by atoms with Crippen LogP contribution in [-0.4, -0.2) is 28.7 Å². The molecule has 0 radical (unpaired) electrons. The monoisotopic (exact) mass is 279 g/mol. The first-order chi connectivity index (χ1) is 9.04. The van der Waals surface area contributed by atoms with Gasteiger partial charge in [0.2, 0.25) is 0 Å². The van der Waals surface area contributed by atoms with Gasteiger partial charge in [0, 0.05) is 12.3 Å². The highest BCUT2D eigenvalue weighted by Crippen LogP contribution is 2.21. The lowest BCUT2D eigenvalue weighted by Gasteiger charge is -2.06. The van der Waals surface area contributed by atoms with E-state index in [-0.39, 0.29) is 10.4 Å². The number of aromatic nitrogens is 1. The lowest BCUT2D eigenvalue weighted by atomic mass is 10.2. The summed E-state index contributed by atoms with van der Waals surface area (Å²) in [6, 6.07) is 3.91. The fourth-order valence-electron chi connectivity index (χ4n) is 1.54. The minimum Gasteiger partial charge on any atom is -0.478 e. The molecule has 0 fully saturated rings. The van der Waals surface area contributed by atoms with Crippen LogP contribution in [0.1, 0.15) is 20.0 Å². The molecule has 7 heteroatoms. The van der Waals surface area contributed by atoms with Crippen LogP contribution in [0.3, 0.4) is 0 Å². The van der Waals surface area contributed by atoms with Gasteiger partial charge >= 0.3 is 11.9 Å². The van der Waals surface area contributed by atoms with E-state index in [0.29, 0.717) is 5.69 Å². The van der Waals surface area contributed by atoms with Crippen molar-refractivity contribution in [3.8, 4) is 5.69 Å². The summed E-state index contributed by atoms with van der Waals surface area (Å²) >= 11 is 1.12. The molecule has 0 aliphatic rings. The van der Waals surface area contributed by atoms with E-state index in [0.717, 1.165) is 22.0 Å². The molecule has 0 amide bonds. The highest BCUT2D eigenvalue weighted by molar-refractivity contribution is 7.12. The Hall–Kier alpha value is -2.41. The van der Waals surface area contributed by atoms with Gasteiger partial charge in [-0.2, -0.15) is 0 Å². The Morgan fingerprint density at radius 1 is 1.32 bits per heavy atom. The zero-order chi connectivity index (χ0) is 14.0. The fraction of sp³-hybridized carbons (Fsp3) is 0.0833. The third-order valence-electron chi connectivity index (χ3n) is 2.43. The van der Waals surface area contributed by atoms with Crippen molar-refractivity contribution >= 4 is 23.3 Å². The van der Waals surface area contributed by atoms with Crippen molar-refractivity contribution in [3.63, 3.8) is 0 Å². The van der Waals surface area contributed by atoms with Crippen LogP contribution in [0.5, 0.6) is 0 Å². The Morgan fingerprint density at radius 3 is 2.68 bits per heavy atom. The smallest absolute Gasteiger partial charge is 0.350 e. The van der Waals surface area contributed by atoms with E-state index in [1.54, 1.807) is 11.4 Å². The van der Waals surface area contributed by atoms with Gasteiger partial charge in [0.15, 0.2) is 0 Å². The third-order valence-corrected chi connectivity index (χ3v) is 3.32. The molecule has 0 aliphatic carbocycles. The first-order valence-electron chi connectivity index (χ1n) is 5.16. The summed E-state index contributed by atoms with van der Waals surface area (Å²) in [6.07, 6.45) is 1.18. The van der Waals surface area contributed by atoms with Crippen LogP contribution in [0, 0.1) is 0 Å². The molecular formula is C12H9NO5S. The second kappa shape index (κ2) is 5.07. The lowest BCUT2D eigenvalue weighted by molar-refractivity contribution is 0.0605. The predicted molar refractivity (Wildman–Crippen MR) is 68.2 cm³/mol. The number of esters is 1. The number of hydrogen-bond donors (Lipinski definition) is 1. The number of carbonyl (C=O) groups is 2. The number of carboxylic acids is 1. The molecular weight excluding hydrogens is 270 g/mol. The van der Waals surface area contributed by atoms with Gasteiger partial charge in [-0.3, -0.25) is 9.36 Å². The molecule has 0 atom stereocenters. The Kier molecular flexibility index (Phi) is 3.48. The first-order valence-corrected chi connectivity index (χ1v) is 6.04. The summed E-state index contributed by atoms with van der Waals surface area (Å²) in [7, 11) is 1.24. The van der Waals surface area contributed by atoms with Crippen molar-refractivity contribution in [1.29, 1.82) is 0 Å². The highest BCUT2D eigenvalue weighted by atomic mass is 32.1. The molecule has 2 aromatic rings. The minimum absolute atomic E-state index is 0.0402. The minimum atomic E-state index is -1.15. The molecule has 2 aromatic heterocycles. The molecule has 0 saturated carbocycles. The van der Waals surface area contributed by atoms with E-state index in [2.05, 4.69) is 4.74 Å². The van der Waals surface area contributed by atoms with E-state index >= 15 is 0 Å². The van der Waals surface area contributed by atoms with E-state index in [1.807, 2.05) is 0 Å². The molecule has 1 N–H and O–H groups in total. The van der Waals surface area contributed by atoms with Crippen LogP contribution in [0.25, 0.3) is 5.69 Å². The third kappa shape index (κ3) is 2.41. The van der Waals surface area contributed by atoms with Crippen molar-refractivity contribution in [2.24, 2.45) is 0 Å². The molecule has 0 unspecified atom stereocenters. The van der Waals surface area contributed by atoms with Crippen LogP contribution in [0.15, 0.2) is 34.6 Å². The Morgan fingerprint density at radius 2 is 2.05 bits per heavy atom. The molecule has 0 saturated heterocycles. The zero-order valence-corrected chi connectivity index (χ0v) is 10.6. The number of pyridine rings is 1. The largest absolute Gasteiger partial charge is 0.478 e. The maximum atomic E-state index is 11.8. The number of nitrogens with zero attached hydrogens (tertiary/aromatic N) is 1. The normalized spacial score (nSPS) is 10.2. The van der Waals surface area contributed by atoms with Crippen molar-refractivity contribution in [1.82, 2.24) is 4.57 Å². The number of thiophene rings is 1. The van der Waals surface area contributed by atoms with Gasteiger partial charge < -0.3 is 9.84 Å². The Labute approximate surface area is 111 Å². The number of hydrogen-bond acceptors (Lipinski definition) is 5. The summed E-state index contributed by atoms with van der Waals surface area (Å²) in [5.74, 6) is -1.72. The van der Waals surface area contributed by atoms with Crippen molar-refractivity contribution in [2.45, 2.75) is 0 Å². The van der Waals surface area contributed by atoms with E-state index < -0.39 is 17.5 Å². The Balaban J connectivity index is 2.62. The number of rotatable bonds is 3. The second-order valence-corrected chi connectivity index (χ2v) is 4.47. The van der Waals surface area contributed by atoms with Gasteiger partial charge in [-0.1, -0.05) is 0 Å². The van der Waals surface area contributed by atoms with Crippen molar-refractivity contribution in [2.75, 3.05) is 7.11 Å². The number of carbonyl (C=O) groups excluding carboxylic acids is 1. The SMILES string of the molecule is COC(=O)c1sccc1-n1cc(C(=O)O)ccc1=O. The maximum absolute atomic E-state index is 11.8. The van der Waals surface area contributed by atoms with Gasteiger partial charge in [-0.05, 0) is 17.5 Å². The number of aromatic carboxylic acids is 1. The average Bonchev–Trinajstić information content (AvgIpc) is 2.87. The van der Waals surface area contributed by atoms with Crippen LogP contribution in [-0.2, 0) is 4.74 Å². The van der Waals surface area contributed by atoms with Crippen molar-refractivity contribution in [3.05, 3.63) is 50.6 Å². The molecule has 98 valence electrons. The number of methoxy groups -OCH3 is 1. The molecule has 0 spiro atoms. The lowest BCUT2D eigenvalue weighted by Crippen LogP contribution is -2.19. The molecule has 0 aromatic carbocycles. The molecule has 0 aliphatic heterocycles.